The number of thioether (sulfide) groups is 1. The van der Waals surface area contributed by atoms with Crippen LogP contribution in [0.25, 0.3) is 10.8 Å². The van der Waals surface area contributed by atoms with Crippen LogP contribution in [0.4, 0.5) is 0 Å². The van der Waals surface area contributed by atoms with Crippen molar-refractivity contribution in [2.75, 3.05) is 19.3 Å². The van der Waals surface area contributed by atoms with Crippen molar-refractivity contribution >= 4 is 23.1 Å². The summed E-state index contributed by atoms with van der Waals surface area (Å²) in [6.07, 6.45) is 5.14. The number of piperidine rings is 1. The number of hydrogen-bond donors (Lipinski definition) is 1. The highest BCUT2D eigenvalue weighted by Gasteiger charge is 2.34. The fraction of sp³-hybridized carbons (Fsp3) is 0.526. The summed E-state index contributed by atoms with van der Waals surface area (Å²) in [6.45, 7) is 5.49. The summed E-state index contributed by atoms with van der Waals surface area (Å²) in [6, 6.07) is 3.74. The third kappa shape index (κ3) is 4.35. The molecule has 0 atom stereocenters. The maximum atomic E-state index is 12.2. The summed E-state index contributed by atoms with van der Waals surface area (Å²) in [4.78, 5) is 19.8. The zero-order valence-corrected chi connectivity index (χ0v) is 18.2. The molecule has 8 nitrogen and oxygen atoms in total. The minimum atomic E-state index is -0.959. The molecule has 0 radical (unpaired) electrons. The summed E-state index contributed by atoms with van der Waals surface area (Å²) >= 11 is 3.12. The Bertz CT molecular complexity index is 1000. The molecule has 0 amide bonds. The van der Waals surface area contributed by atoms with Gasteiger partial charge >= 0.3 is 5.76 Å². The number of likely N-dealkylation sites (tertiary alicyclic amines) is 1. The lowest BCUT2D eigenvalue weighted by Gasteiger charge is -2.37. The van der Waals surface area contributed by atoms with Gasteiger partial charge in [-0.1, -0.05) is 17.8 Å². The summed E-state index contributed by atoms with van der Waals surface area (Å²) < 4.78 is 8.74. The zero-order valence-electron chi connectivity index (χ0n) is 16.6. The van der Waals surface area contributed by atoms with E-state index < -0.39 is 11.4 Å². The van der Waals surface area contributed by atoms with E-state index in [1.54, 1.807) is 11.8 Å². The minimum Gasteiger partial charge on any atom is -0.388 e. The highest BCUT2D eigenvalue weighted by molar-refractivity contribution is 7.98. The smallest absolute Gasteiger partial charge is 0.388 e. The lowest BCUT2D eigenvalue weighted by Crippen LogP contribution is -2.47. The summed E-state index contributed by atoms with van der Waals surface area (Å²) in [5.41, 5.74) is 0.231. The summed E-state index contributed by atoms with van der Waals surface area (Å²) in [7, 11) is 0. The molecule has 4 rings (SSSR count). The van der Waals surface area contributed by atoms with E-state index in [0.717, 1.165) is 36.2 Å². The fourth-order valence-corrected chi connectivity index (χ4v) is 4.99. The van der Waals surface area contributed by atoms with E-state index >= 15 is 0 Å². The number of imidazole rings is 1. The van der Waals surface area contributed by atoms with Crippen LogP contribution in [0.5, 0.6) is 0 Å². The SMILES string of the molecule is CCn1c(CN2CCC(O)(Cn3nc(-c4cccs4)oc3=O)CC2)cnc1SC. The Hall–Kier alpha value is -1.88. The summed E-state index contributed by atoms with van der Waals surface area (Å²) in [5, 5.41) is 18.2. The first-order valence-corrected chi connectivity index (χ1v) is 11.8. The van der Waals surface area contributed by atoms with E-state index in [2.05, 4.69) is 26.5 Å². The van der Waals surface area contributed by atoms with Crippen molar-refractivity contribution in [3.63, 3.8) is 0 Å². The monoisotopic (exact) mass is 435 g/mol. The number of aliphatic hydroxyl groups is 1. The Morgan fingerprint density at radius 1 is 1.38 bits per heavy atom. The van der Waals surface area contributed by atoms with Gasteiger partial charge in [-0.05, 0) is 37.5 Å². The van der Waals surface area contributed by atoms with Crippen LogP contribution in [0.3, 0.4) is 0 Å². The van der Waals surface area contributed by atoms with Gasteiger partial charge in [0, 0.05) is 26.2 Å². The molecule has 10 heteroatoms. The van der Waals surface area contributed by atoms with Gasteiger partial charge in [0.1, 0.15) is 0 Å². The molecule has 1 N–H and O–H groups in total. The van der Waals surface area contributed by atoms with Gasteiger partial charge in [0.2, 0.25) is 0 Å². The maximum absolute atomic E-state index is 12.2. The van der Waals surface area contributed by atoms with E-state index in [9.17, 15) is 9.90 Å². The Balaban J connectivity index is 1.39. The standard InChI is InChI=1S/C19H25N5O3S2/c1-3-23-14(11-20-17(23)28-2)12-22-8-6-19(26,7-9-22)13-24-18(25)27-16(21-24)15-5-4-10-29-15/h4-5,10-11,26H,3,6-9,12-13H2,1-2H3. The van der Waals surface area contributed by atoms with Gasteiger partial charge < -0.3 is 14.1 Å². The number of aromatic nitrogens is 4. The van der Waals surface area contributed by atoms with Gasteiger partial charge in [0.25, 0.3) is 5.89 Å². The van der Waals surface area contributed by atoms with Gasteiger partial charge in [0.15, 0.2) is 5.16 Å². The van der Waals surface area contributed by atoms with Crippen LogP contribution in [0.1, 0.15) is 25.5 Å². The Morgan fingerprint density at radius 2 is 2.17 bits per heavy atom. The Labute approximate surface area is 177 Å². The molecule has 1 aliphatic rings. The molecule has 0 aromatic carbocycles. The van der Waals surface area contributed by atoms with Crippen LogP contribution in [0, 0.1) is 0 Å². The average molecular weight is 436 g/mol. The normalized spacial score (nSPS) is 17.1. The van der Waals surface area contributed by atoms with E-state index in [4.69, 9.17) is 4.42 Å². The van der Waals surface area contributed by atoms with Crippen LogP contribution >= 0.6 is 23.1 Å². The second-order valence-electron chi connectivity index (χ2n) is 7.29. The molecule has 0 unspecified atom stereocenters. The second-order valence-corrected chi connectivity index (χ2v) is 9.01. The van der Waals surface area contributed by atoms with E-state index in [1.165, 1.54) is 21.7 Å². The third-order valence-corrected chi connectivity index (χ3v) is 6.90. The van der Waals surface area contributed by atoms with Gasteiger partial charge in [0.05, 0.1) is 28.9 Å². The fourth-order valence-electron chi connectivity index (χ4n) is 3.72. The molecule has 3 aromatic rings. The average Bonchev–Trinajstić information content (AvgIpc) is 3.44. The van der Waals surface area contributed by atoms with Crippen molar-refractivity contribution < 1.29 is 9.52 Å². The predicted molar refractivity (Wildman–Crippen MR) is 113 cm³/mol. The molecule has 0 saturated carbocycles. The molecule has 1 fully saturated rings. The first-order chi connectivity index (χ1) is 14.0. The van der Waals surface area contributed by atoms with Crippen LogP contribution in [0.2, 0.25) is 0 Å². The van der Waals surface area contributed by atoms with Crippen molar-refractivity contribution in [1.29, 1.82) is 0 Å². The first kappa shape index (κ1) is 20.4. The van der Waals surface area contributed by atoms with Gasteiger partial charge in [-0.25, -0.2) is 9.78 Å². The van der Waals surface area contributed by atoms with Crippen molar-refractivity contribution in [3.05, 3.63) is 40.0 Å². The molecule has 3 aromatic heterocycles. The van der Waals surface area contributed by atoms with Crippen molar-refractivity contribution in [1.82, 2.24) is 24.2 Å². The van der Waals surface area contributed by atoms with Gasteiger partial charge in [-0.2, -0.15) is 4.68 Å². The molecule has 29 heavy (non-hydrogen) atoms. The molecular weight excluding hydrogens is 410 g/mol. The van der Waals surface area contributed by atoms with Gasteiger partial charge in [-0.15, -0.1) is 16.4 Å². The zero-order chi connectivity index (χ0) is 20.4. The van der Waals surface area contributed by atoms with Crippen molar-refractivity contribution in [2.24, 2.45) is 0 Å². The number of hydrogen-bond acceptors (Lipinski definition) is 8. The highest BCUT2D eigenvalue weighted by Crippen LogP contribution is 2.27. The third-order valence-electron chi connectivity index (χ3n) is 5.36. The van der Waals surface area contributed by atoms with Crippen LogP contribution in [-0.2, 0) is 19.6 Å². The van der Waals surface area contributed by atoms with Crippen molar-refractivity contribution in [2.45, 2.75) is 50.2 Å². The number of thiophene rings is 1. The van der Waals surface area contributed by atoms with E-state index in [-0.39, 0.29) is 6.54 Å². The quantitative estimate of drug-likeness (QED) is 0.571. The second kappa shape index (κ2) is 8.47. The molecular formula is C19H25N5O3S2. The topological polar surface area (TPSA) is 89.3 Å². The molecule has 0 bridgehead atoms. The van der Waals surface area contributed by atoms with Crippen molar-refractivity contribution in [3.8, 4) is 10.8 Å². The van der Waals surface area contributed by atoms with E-state index in [1.807, 2.05) is 30.0 Å². The molecule has 156 valence electrons. The largest absolute Gasteiger partial charge is 0.437 e. The molecule has 0 spiro atoms. The van der Waals surface area contributed by atoms with E-state index in [0.29, 0.717) is 18.7 Å². The molecule has 0 aliphatic carbocycles. The number of nitrogens with zero attached hydrogens (tertiary/aromatic N) is 5. The van der Waals surface area contributed by atoms with Gasteiger partial charge in [-0.3, -0.25) is 4.90 Å². The van der Waals surface area contributed by atoms with Crippen LogP contribution in [0.15, 0.2) is 38.1 Å². The van der Waals surface area contributed by atoms with Crippen LogP contribution in [-0.4, -0.2) is 54.3 Å². The van der Waals surface area contributed by atoms with Crippen LogP contribution < -0.4 is 5.76 Å². The Morgan fingerprint density at radius 3 is 2.83 bits per heavy atom. The molecule has 1 aliphatic heterocycles. The molecule has 4 heterocycles. The molecule has 1 saturated heterocycles. The highest BCUT2D eigenvalue weighted by atomic mass is 32.2. The first-order valence-electron chi connectivity index (χ1n) is 9.66. The lowest BCUT2D eigenvalue weighted by molar-refractivity contribution is -0.0395. The predicted octanol–water partition coefficient (Wildman–Crippen LogP) is 2.53. The maximum Gasteiger partial charge on any atom is 0.437 e. The summed E-state index contributed by atoms with van der Waals surface area (Å²) in [5.74, 6) is -0.218. The lowest BCUT2D eigenvalue weighted by atomic mass is 9.91. The Kier molecular flexibility index (Phi) is 5.95. The number of rotatable bonds is 7. The minimum absolute atomic E-state index is 0.151.